The maximum absolute atomic E-state index is 12.8. The molecule has 1 unspecified atom stereocenters. The average Bonchev–Trinajstić information content (AvgIpc) is 2.56. The molecule has 0 aliphatic carbocycles. The predicted octanol–water partition coefficient (Wildman–Crippen LogP) is 4.25. The molecule has 1 heterocycles. The fraction of sp³-hybridized carbons (Fsp3) is 0.333. The molecule has 2 aromatic carbocycles. The normalized spacial score (nSPS) is 18.1. The van der Waals surface area contributed by atoms with Gasteiger partial charge < -0.3 is 4.55 Å². The standard InChI is InChI=1S/C18H20OS/c1-18(2,3)15-10-11-17-14(12-15)9-8-13-6-4-5-7-16(13)20(17)19/h4-7,10-12H,8-9H2,1-3H3. The average molecular weight is 284 g/mol. The predicted molar refractivity (Wildman–Crippen MR) is 83.7 cm³/mol. The maximum Gasteiger partial charge on any atom is 0.161 e. The summed E-state index contributed by atoms with van der Waals surface area (Å²) in [5.74, 6) is 0. The van der Waals surface area contributed by atoms with E-state index >= 15 is 0 Å². The molecule has 1 nitrogen and oxygen atoms in total. The highest BCUT2D eigenvalue weighted by atomic mass is 32.2. The lowest BCUT2D eigenvalue weighted by Gasteiger charge is -2.21. The van der Waals surface area contributed by atoms with Gasteiger partial charge in [0.05, 0.1) is 0 Å². The lowest BCUT2D eigenvalue weighted by atomic mass is 9.85. The third-order valence-electron chi connectivity index (χ3n) is 3.96. The molecule has 104 valence electrons. The maximum atomic E-state index is 12.8. The lowest BCUT2D eigenvalue weighted by molar-refractivity contribution is 0.585. The van der Waals surface area contributed by atoms with E-state index in [0.717, 1.165) is 22.6 Å². The van der Waals surface area contributed by atoms with E-state index in [0.29, 0.717) is 0 Å². The Hall–Kier alpha value is -1.25. The minimum atomic E-state index is -1.04. The SMILES string of the molecule is CC(C)(C)c1ccc2c(c1)CCc1ccccc1[S+]2[O-]. The van der Waals surface area contributed by atoms with E-state index in [-0.39, 0.29) is 5.41 Å². The monoisotopic (exact) mass is 284 g/mol. The van der Waals surface area contributed by atoms with Crippen LogP contribution < -0.4 is 0 Å². The van der Waals surface area contributed by atoms with E-state index in [1.807, 2.05) is 18.2 Å². The van der Waals surface area contributed by atoms with Gasteiger partial charge in [0.15, 0.2) is 9.79 Å². The Kier molecular flexibility index (Phi) is 3.39. The van der Waals surface area contributed by atoms with Crippen LogP contribution in [0.4, 0.5) is 0 Å². The summed E-state index contributed by atoms with van der Waals surface area (Å²) >= 11 is -1.04. The molecule has 0 saturated carbocycles. The molecule has 0 aromatic heterocycles. The summed E-state index contributed by atoms with van der Waals surface area (Å²) in [6.45, 7) is 6.66. The Bertz CT molecular complexity index is 640. The quantitative estimate of drug-likeness (QED) is 0.663. The Morgan fingerprint density at radius 2 is 1.55 bits per heavy atom. The number of rotatable bonds is 0. The van der Waals surface area contributed by atoms with Gasteiger partial charge in [-0.25, -0.2) is 0 Å². The van der Waals surface area contributed by atoms with Crippen molar-refractivity contribution in [1.29, 1.82) is 0 Å². The van der Waals surface area contributed by atoms with E-state index < -0.39 is 11.2 Å². The molecule has 1 atom stereocenters. The second-order valence-corrected chi connectivity index (χ2v) is 7.87. The largest absolute Gasteiger partial charge is 0.606 e. The highest BCUT2D eigenvalue weighted by Crippen LogP contribution is 2.34. The second kappa shape index (κ2) is 4.94. The first-order valence-electron chi connectivity index (χ1n) is 7.10. The van der Waals surface area contributed by atoms with Gasteiger partial charge in [0.2, 0.25) is 0 Å². The number of hydrogen-bond acceptors (Lipinski definition) is 1. The van der Waals surface area contributed by atoms with Crippen LogP contribution in [-0.2, 0) is 29.4 Å². The zero-order chi connectivity index (χ0) is 14.3. The van der Waals surface area contributed by atoms with Gasteiger partial charge in [-0.15, -0.1) is 0 Å². The van der Waals surface area contributed by atoms with Crippen molar-refractivity contribution in [3.8, 4) is 0 Å². The zero-order valence-corrected chi connectivity index (χ0v) is 13.1. The number of fused-ring (bicyclic) bond motifs is 2. The van der Waals surface area contributed by atoms with Crippen molar-refractivity contribution in [1.82, 2.24) is 0 Å². The molecule has 2 heteroatoms. The third kappa shape index (κ3) is 2.38. The second-order valence-electron chi connectivity index (χ2n) is 6.45. The summed E-state index contributed by atoms with van der Waals surface area (Å²) in [5, 5.41) is 0. The Balaban J connectivity index is 2.09. The van der Waals surface area contributed by atoms with Crippen molar-refractivity contribution >= 4 is 11.2 Å². The Morgan fingerprint density at radius 1 is 0.900 bits per heavy atom. The van der Waals surface area contributed by atoms with Gasteiger partial charge in [0, 0.05) is 22.3 Å². The molecule has 0 spiro atoms. The van der Waals surface area contributed by atoms with Crippen molar-refractivity contribution in [3.05, 3.63) is 59.2 Å². The van der Waals surface area contributed by atoms with Crippen molar-refractivity contribution in [2.45, 2.75) is 48.8 Å². The van der Waals surface area contributed by atoms with Crippen LogP contribution in [0.5, 0.6) is 0 Å². The van der Waals surface area contributed by atoms with E-state index in [9.17, 15) is 4.55 Å². The van der Waals surface area contributed by atoms with Crippen molar-refractivity contribution < 1.29 is 4.55 Å². The first-order valence-corrected chi connectivity index (χ1v) is 8.25. The molecular formula is C18H20OS. The van der Waals surface area contributed by atoms with Crippen molar-refractivity contribution in [2.75, 3.05) is 0 Å². The van der Waals surface area contributed by atoms with Crippen LogP contribution in [-0.4, -0.2) is 4.55 Å². The minimum Gasteiger partial charge on any atom is -0.606 e. The van der Waals surface area contributed by atoms with Crippen LogP contribution in [0.1, 0.15) is 37.5 Å². The summed E-state index contributed by atoms with van der Waals surface area (Å²) in [6.07, 6.45) is 1.95. The van der Waals surface area contributed by atoms with Crippen LogP contribution in [0.15, 0.2) is 52.3 Å². The molecule has 0 radical (unpaired) electrons. The Labute approximate surface area is 124 Å². The minimum absolute atomic E-state index is 0.135. The molecule has 3 rings (SSSR count). The fourth-order valence-corrected chi connectivity index (χ4v) is 4.14. The molecular weight excluding hydrogens is 264 g/mol. The highest BCUT2D eigenvalue weighted by Gasteiger charge is 2.27. The highest BCUT2D eigenvalue weighted by molar-refractivity contribution is 7.91. The van der Waals surface area contributed by atoms with Crippen LogP contribution >= 0.6 is 0 Å². The molecule has 2 aromatic rings. The third-order valence-corrected chi connectivity index (χ3v) is 5.56. The lowest BCUT2D eigenvalue weighted by Crippen LogP contribution is -2.13. The van der Waals surface area contributed by atoms with Gasteiger partial charge in [0.1, 0.15) is 0 Å². The van der Waals surface area contributed by atoms with Gasteiger partial charge in [0.25, 0.3) is 0 Å². The van der Waals surface area contributed by atoms with Crippen LogP contribution in [0.3, 0.4) is 0 Å². The van der Waals surface area contributed by atoms with E-state index in [4.69, 9.17) is 0 Å². The van der Waals surface area contributed by atoms with Crippen LogP contribution in [0, 0.1) is 0 Å². The molecule has 1 aliphatic heterocycles. The molecule has 0 bridgehead atoms. The van der Waals surface area contributed by atoms with Gasteiger partial charge >= 0.3 is 0 Å². The molecule has 0 amide bonds. The van der Waals surface area contributed by atoms with E-state index in [2.05, 4.69) is 45.0 Å². The molecule has 0 saturated heterocycles. The first kappa shape index (κ1) is 13.7. The summed E-state index contributed by atoms with van der Waals surface area (Å²) in [7, 11) is 0. The smallest absolute Gasteiger partial charge is 0.161 e. The molecule has 0 N–H and O–H groups in total. The van der Waals surface area contributed by atoms with Crippen LogP contribution in [0.2, 0.25) is 0 Å². The van der Waals surface area contributed by atoms with Crippen molar-refractivity contribution in [2.24, 2.45) is 0 Å². The van der Waals surface area contributed by atoms with Crippen LogP contribution in [0.25, 0.3) is 0 Å². The first-order chi connectivity index (χ1) is 9.47. The summed E-state index contributed by atoms with van der Waals surface area (Å²) < 4.78 is 12.8. The van der Waals surface area contributed by atoms with E-state index in [1.54, 1.807) is 0 Å². The number of aryl methyl sites for hydroxylation is 2. The van der Waals surface area contributed by atoms with Crippen molar-refractivity contribution in [3.63, 3.8) is 0 Å². The summed E-state index contributed by atoms with van der Waals surface area (Å²) in [5.41, 5.74) is 3.92. The molecule has 0 fully saturated rings. The topological polar surface area (TPSA) is 23.1 Å². The molecule has 1 aliphatic rings. The zero-order valence-electron chi connectivity index (χ0n) is 12.3. The number of benzene rings is 2. The van der Waals surface area contributed by atoms with Gasteiger partial charge in [-0.3, -0.25) is 0 Å². The van der Waals surface area contributed by atoms with E-state index in [1.165, 1.54) is 16.7 Å². The fourth-order valence-electron chi connectivity index (χ4n) is 2.70. The summed E-state index contributed by atoms with van der Waals surface area (Å²) in [4.78, 5) is 1.97. The summed E-state index contributed by atoms with van der Waals surface area (Å²) in [6, 6.07) is 14.6. The van der Waals surface area contributed by atoms with Gasteiger partial charge in [-0.2, -0.15) is 0 Å². The van der Waals surface area contributed by atoms with Gasteiger partial charge in [-0.05, 0) is 36.0 Å². The van der Waals surface area contributed by atoms with Gasteiger partial charge in [-0.1, -0.05) is 51.1 Å². The Morgan fingerprint density at radius 3 is 2.30 bits per heavy atom. The number of hydrogen-bond donors (Lipinski definition) is 0. The molecule has 20 heavy (non-hydrogen) atoms.